The summed E-state index contributed by atoms with van der Waals surface area (Å²) in [5.41, 5.74) is -0.478. The molecule has 1 saturated heterocycles. The molecule has 1 aliphatic heterocycles. The topological polar surface area (TPSA) is 63.7 Å². The highest BCUT2D eigenvalue weighted by Crippen LogP contribution is 2.26. The molecule has 0 aromatic carbocycles. The zero-order valence-corrected chi connectivity index (χ0v) is 14.1. The van der Waals surface area contributed by atoms with Crippen molar-refractivity contribution in [2.75, 3.05) is 25.5 Å². The number of aromatic nitrogens is 1. The number of rotatable bonds is 3. The molecule has 7 heteroatoms. The minimum atomic E-state index is -0.478. The molecule has 1 fully saturated rings. The third-order valence-electron chi connectivity index (χ3n) is 3.23. The van der Waals surface area contributed by atoms with Crippen LogP contribution in [-0.4, -0.2) is 47.8 Å². The number of pyridine rings is 1. The van der Waals surface area contributed by atoms with Crippen LogP contribution in [0.5, 0.6) is 5.75 Å². The van der Waals surface area contributed by atoms with Gasteiger partial charge in [0.25, 0.3) is 0 Å². The molecule has 0 radical (unpaired) electrons. The molecule has 1 amide bonds. The van der Waals surface area contributed by atoms with Crippen molar-refractivity contribution in [2.24, 2.45) is 0 Å². The number of carbonyl (C=O) groups is 1. The first kappa shape index (κ1) is 16.7. The summed E-state index contributed by atoms with van der Waals surface area (Å²) in [5, 5.41) is 3.76. The Hall–Kier alpha value is -1.69. The van der Waals surface area contributed by atoms with E-state index in [-0.39, 0.29) is 12.1 Å². The van der Waals surface area contributed by atoms with Crippen molar-refractivity contribution in [2.45, 2.75) is 38.8 Å². The zero-order chi connectivity index (χ0) is 16.3. The van der Waals surface area contributed by atoms with Crippen molar-refractivity contribution in [3.05, 3.63) is 17.3 Å². The van der Waals surface area contributed by atoms with Gasteiger partial charge >= 0.3 is 6.09 Å². The number of halogens is 1. The van der Waals surface area contributed by atoms with Crippen LogP contribution in [0, 0.1) is 0 Å². The van der Waals surface area contributed by atoms with Gasteiger partial charge in [0.1, 0.15) is 22.2 Å². The third-order valence-corrected chi connectivity index (χ3v) is 3.52. The maximum Gasteiger partial charge on any atom is 0.410 e. The Morgan fingerprint density at radius 1 is 1.50 bits per heavy atom. The Kier molecular flexibility index (Phi) is 5.01. The van der Waals surface area contributed by atoms with E-state index in [0.29, 0.717) is 29.7 Å². The van der Waals surface area contributed by atoms with E-state index in [2.05, 4.69) is 10.3 Å². The van der Waals surface area contributed by atoms with Crippen LogP contribution in [0.3, 0.4) is 0 Å². The van der Waals surface area contributed by atoms with Crippen molar-refractivity contribution in [1.82, 2.24) is 9.88 Å². The highest BCUT2D eigenvalue weighted by molar-refractivity contribution is 6.31. The maximum absolute atomic E-state index is 12.0. The van der Waals surface area contributed by atoms with Crippen LogP contribution in [0.1, 0.15) is 27.2 Å². The van der Waals surface area contributed by atoms with Crippen LogP contribution in [0.25, 0.3) is 0 Å². The quantitative estimate of drug-likeness (QED) is 0.923. The van der Waals surface area contributed by atoms with Crippen molar-refractivity contribution in [1.29, 1.82) is 0 Å². The van der Waals surface area contributed by atoms with E-state index in [0.717, 1.165) is 6.42 Å². The standard InChI is InChI=1S/C15H22ClN3O3/c1-15(2,3)22-14(20)19-6-5-10(9-19)18-13-7-12(21-4)11(16)8-17-13/h7-8,10H,5-6,9H2,1-4H3,(H,17,18)/t10-/m0/s1. The van der Waals surface area contributed by atoms with Gasteiger partial charge in [-0.1, -0.05) is 11.6 Å². The van der Waals surface area contributed by atoms with Crippen LogP contribution in [0.4, 0.5) is 10.6 Å². The molecule has 1 aromatic heterocycles. The molecule has 1 N–H and O–H groups in total. The molecule has 1 aromatic rings. The fraction of sp³-hybridized carbons (Fsp3) is 0.600. The first-order chi connectivity index (χ1) is 10.3. The van der Waals surface area contributed by atoms with Gasteiger partial charge in [-0.25, -0.2) is 9.78 Å². The van der Waals surface area contributed by atoms with E-state index in [4.69, 9.17) is 21.1 Å². The maximum atomic E-state index is 12.0. The van der Waals surface area contributed by atoms with Crippen LogP contribution in [0.15, 0.2) is 12.3 Å². The lowest BCUT2D eigenvalue weighted by atomic mass is 10.2. The molecule has 1 aliphatic rings. The minimum Gasteiger partial charge on any atom is -0.495 e. The van der Waals surface area contributed by atoms with Gasteiger partial charge in [-0.3, -0.25) is 0 Å². The summed E-state index contributed by atoms with van der Waals surface area (Å²) in [4.78, 5) is 18.0. The van der Waals surface area contributed by atoms with Gasteiger partial charge in [-0.2, -0.15) is 0 Å². The molecule has 22 heavy (non-hydrogen) atoms. The molecule has 2 rings (SSSR count). The first-order valence-corrected chi connectivity index (χ1v) is 7.60. The number of nitrogens with zero attached hydrogens (tertiary/aromatic N) is 2. The van der Waals surface area contributed by atoms with Crippen molar-refractivity contribution in [3.8, 4) is 5.75 Å². The van der Waals surface area contributed by atoms with E-state index < -0.39 is 5.60 Å². The zero-order valence-electron chi connectivity index (χ0n) is 13.4. The summed E-state index contributed by atoms with van der Waals surface area (Å²) in [5.74, 6) is 1.25. The van der Waals surface area contributed by atoms with Crippen molar-refractivity contribution in [3.63, 3.8) is 0 Å². The van der Waals surface area contributed by atoms with Gasteiger partial charge in [-0.05, 0) is 27.2 Å². The smallest absolute Gasteiger partial charge is 0.410 e. The Bertz CT molecular complexity index is 545. The van der Waals surface area contributed by atoms with Crippen molar-refractivity contribution >= 4 is 23.5 Å². The number of anilines is 1. The molecular weight excluding hydrogens is 306 g/mol. The van der Waals surface area contributed by atoms with Gasteiger partial charge in [-0.15, -0.1) is 0 Å². The molecule has 0 saturated carbocycles. The van der Waals surface area contributed by atoms with Crippen LogP contribution in [-0.2, 0) is 4.74 Å². The Morgan fingerprint density at radius 2 is 2.23 bits per heavy atom. The second kappa shape index (κ2) is 6.60. The Balaban J connectivity index is 1.92. The fourth-order valence-corrected chi connectivity index (χ4v) is 2.42. The van der Waals surface area contributed by atoms with Crippen molar-refractivity contribution < 1.29 is 14.3 Å². The Morgan fingerprint density at radius 3 is 2.86 bits per heavy atom. The minimum absolute atomic E-state index is 0.130. The summed E-state index contributed by atoms with van der Waals surface area (Å²) < 4.78 is 10.5. The average Bonchev–Trinajstić information content (AvgIpc) is 2.87. The number of methoxy groups -OCH3 is 1. The number of amides is 1. The predicted molar refractivity (Wildman–Crippen MR) is 85.6 cm³/mol. The van der Waals surface area contributed by atoms with Gasteiger partial charge < -0.3 is 19.7 Å². The monoisotopic (exact) mass is 327 g/mol. The molecule has 1 atom stereocenters. The number of likely N-dealkylation sites (tertiary alicyclic amines) is 1. The van der Waals surface area contributed by atoms with Gasteiger partial charge in [0, 0.05) is 25.2 Å². The first-order valence-electron chi connectivity index (χ1n) is 7.22. The molecule has 122 valence electrons. The van der Waals surface area contributed by atoms with Crippen LogP contribution < -0.4 is 10.1 Å². The highest BCUT2D eigenvalue weighted by atomic mass is 35.5. The van der Waals surface area contributed by atoms with Crippen LogP contribution >= 0.6 is 11.6 Å². The van der Waals surface area contributed by atoms with E-state index >= 15 is 0 Å². The van der Waals surface area contributed by atoms with E-state index in [1.807, 2.05) is 20.8 Å². The summed E-state index contributed by atoms with van der Waals surface area (Å²) in [6.45, 7) is 6.83. The summed E-state index contributed by atoms with van der Waals surface area (Å²) >= 11 is 5.95. The fourth-order valence-electron chi connectivity index (χ4n) is 2.24. The van der Waals surface area contributed by atoms with Gasteiger partial charge in [0.15, 0.2) is 0 Å². The molecule has 0 spiro atoms. The lowest BCUT2D eigenvalue weighted by molar-refractivity contribution is 0.0293. The molecule has 0 aliphatic carbocycles. The summed E-state index contributed by atoms with van der Waals surface area (Å²) in [6, 6.07) is 1.88. The second-order valence-electron chi connectivity index (χ2n) is 6.26. The summed E-state index contributed by atoms with van der Waals surface area (Å²) in [6.07, 6.45) is 2.10. The molecular formula is C15H22ClN3O3. The van der Waals surface area contributed by atoms with E-state index in [9.17, 15) is 4.79 Å². The number of nitrogens with one attached hydrogen (secondary N) is 1. The van der Waals surface area contributed by atoms with Crippen LogP contribution in [0.2, 0.25) is 5.02 Å². The summed E-state index contributed by atoms with van der Waals surface area (Å²) in [7, 11) is 1.56. The van der Waals surface area contributed by atoms with E-state index in [1.165, 1.54) is 0 Å². The van der Waals surface area contributed by atoms with Gasteiger partial charge in [0.05, 0.1) is 13.3 Å². The second-order valence-corrected chi connectivity index (χ2v) is 6.67. The van der Waals surface area contributed by atoms with Gasteiger partial charge in [0.2, 0.25) is 0 Å². The average molecular weight is 328 g/mol. The normalized spacial score (nSPS) is 18.2. The molecule has 0 bridgehead atoms. The lowest BCUT2D eigenvalue weighted by Gasteiger charge is -2.24. The highest BCUT2D eigenvalue weighted by Gasteiger charge is 2.29. The Labute approximate surface area is 135 Å². The number of hydrogen-bond donors (Lipinski definition) is 1. The predicted octanol–water partition coefficient (Wildman–Crippen LogP) is 3.16. The SMILES string of the molecule is COc1cc(N[C@H]2CCN(C(=O)OC(C)(C)C)C2)ncc1Cl. The lowest BCUT2D eigenvalue weighted by Crippen LogP contribution is -2.36. The largest absolute Gasteiger partial charge is 0.495 e. The molecule has 6 nitrogen and oxygen atoms in total. The molecule has 2 heterocycles. The van der Waals surface area contributed by atoms with E-state index in [1.54, 1.807) is 24.3 Å². The molecule has 0 unspecified atom stereocenters. The third kappa shape index (κ3) is 4.40. The number of hydrogen-bond acceptors (Lipinski definition) is 5. The number of carbonyl (C=O) groups excluding carboxylic acids is 1. The number of ether oxygens (including phenoxy) is 2.